The number of anilines is 1. The molecule has 2 rings (SSSR count). The fourth-order valence-corrected chi connectivity index (χ4v) is 5.06. The molecule has 3 N–H and O–H groups in total. The maximum atomic E-state index is 12.4. The highest BCUT2D eigenvalue weighted by atomic mass is 79.9. The number of aryl methyl sites for hydroxylation is 2. The van der Waals surface area contributed by atoms with Crippen LogP contribution in [0.3, 0.4) is 0 Å². The minimum Gasteiger partial charge on any atom is -0.399 e. The summed E-state index contributed by atoms with van der Waals surface area (Å²) >= 11 is 4.89. The van der Waals surface area contributed by atoms with Gasteiger partial charge in [0, 0.05) is 21.6 Å². The van der Waals surface area contributed by atoms with Crippen molar-refractivity contribution in [1.29, 1.82) is 0 Å². The smallest absolute Gasteiger partial charge is 0.241 e. The van der Waals surface area contributed by atoms with Crippen molar-refractivity contribution in [2.45, 2.75) is 25.3 Å². The SMILES string of the molecule is Cc1cc(N)cc(C)c1S(=O)(=O)NCc1sccc1Br. The number of hydrogen-bond acceptors (Lipinski definition) is 4. The van der Waals surface area contributed by atoms with E-state index < -0.39 is 10.0 Å². The summed E-state index contributed by atoms with van der Waals surface area (Å²) in [6, 6.07) is 5.24. The lowest BCUT2D eigenvalue weighted by molar-refractivity contribution is 0.580. The van der Waals surface area contributed by atoms with Crippen LogP contribution in [0, 0.1) is 13.8 Å². The average Bonchev–Trinajstić information content (AvgIpc) is 2.70. The molecule has 0 aliphatic carbocycles. The molecule has 7 heteroatoms. The van der Waals surface area contributed by atoms with Crippen LogP contribution >= 0.6 is 27.3 Å². The summed E-state index contributed by atoms with van der Waals surface area (Å²) in [5, 5.41) is 1.91. The highest BCUT2D eigenvalue weighted by molar-refractivity contribution is 9.10. The predicted molar refractivity (Wildman–Crippen MR) is 86.4 cm³/mol. The highest BCUT2D eigenvalue weighted by Crippen LogP contribution is 2.25. The van der Waals surface area contributed by atoms with E-state index in [9.17, 15) is 8.42 Å². The van der Waals surface area contributed by atoms with Crippen molar-refractivity contribution in [3.63, 3.8) is 0 Å². The molecule has 0 amide bonds. The van der Waals surface area contributed by atoms with Gasteiger partial charge in [0.15, 0.2) is 0 Å². The molecule has 1 aromatic carbocycles. The van der Waals surface area contributed by atoms with Gasteiger partial charge < -0.3 is 5.73 Å². The lowest BCUT2D eigenvalue weighted by atomic mass is 10.1. The predicted octanol–water partition coefficient (Wildman–Crippen LogP) is 3.19. The van der Waals surface area contributed by atoms with Gasteiger partial charge in [-0.2, -0.15) is 0 Å². The Morgan fingerprint density at radius 3 is 2.40 bits per heavy atom. The zero-order valence-corrected chi connectivity index (χ0v) is 14.3. The van der Waals surface area contributed by atoms with Gasteiger partial charge in [-0.3, -0.25) is 0 Å². The maximum Gasteiger partial charge on any atom is 0.241 e. The molecule has 0 bridgehead atoms. The van der Waals surface area contributed by atoms with Crippen LogP contribution in [-0.4, -0.2) is 8.42 Å². The molecule has 0 atom stereocenters. The Morgan fingerprint density at radius 2 is 1.90 bits per heavy atom. The van der Waals surface area contributed by atoms with Crippen molar-refractivity contribution < 1.29 is 8.42 Å². The quantitative estimate of drug-likeness (QED) is 0.807. The van der Waals surface area contributed by atoms with E-state index >= 15 is 0 Å². The molecule has 0 radical (unpaired) electrons. The van der Waals surface area contributed by atoms with Gasteiger partial charge >= 0.3 is 0 Å². The molecule has 0 aliphatic rings. The monoisotopic (exact) mass is 374 g/mol. The number of nitrogen functional groups attached to an aromatic ring is 1. The first-order valence-corrected chi connectivity index (χ1v) is 9.05. The summed E-state index contributed by atoms with van der Waals surface area (Å²) in [5.41, 5.74) is 7.60. The summed E-state index contributed by atoms with van der Waals surface area (Å²) in [7, 11) is -3.55. The molecule has 0 saturated heterocycles. The van der Waals surface area contributed by atoms with Crippen LogP contribution in [0.5, 0.6) is 0 Å². The number of nitrogens with two attached hydrogens (primary N) is 1. The number of hydrogen-bond donors (Lipinski definition) is 2. The van der Waals surface area contributed by atoms with Gasteiger partial charge in [0.2, 0.25) is 10.0 Å². The molecule has 1 heterocycles. The third-order valence-electron chi connectivity index (χ3n) is 2.87. The summed E-state index contributed by atoms with van der Waals surface area (Å²) in [5.74, 6) is 0. The highest BCUT2D eigenvalue weighted by Gasteiger charge is 2.20. The first kappa shape index (κ1) is 15.5. The second kappa shape index (κ2) is 5.85. The van der Waals surface area contributed by atoms with Crippen LogP contribution < -0.4 is 10.5 Å². The normalized spacial score (nSPS) is 11.8. The lowest BCUT2D eigenvalue weighted by Crippen LogP contribution is -2.24. The van der Waals surface area contributed by atoms with Gasteiger partial charge in [0.05, 0.1) is 4.90 Å². The largest absolute Gasteiger partial charge is 0.399 e. The van der Waals surface area contributed by atoms with E-state index in [2.05, 4.69) is 20.7 Å². The molecule has 20 heavy (non-hydrogen) atoms. The van der Waals surface area contributed by atoms with Crippen molar-refractivity contribution in [2.75, 3.05) is 5.73 Å². The van der Waals surface area contributed by atoms with E-state index in [1.165, 1.54) is 11.3 Å². The van der Waals surface area contributed by atoms with Gasteiger partial charge in [-0.05, 0) is 64.5 Å². The molecule has 108 valence electrons. The van der Waals surface area contributed by atoms with E-state index in [4.69, 9.17) is 5.73 Å². The van der Waals surface area contributed by atoms with Crippen molar-refractivity contribution >= 4 is 43.0 Å². The summed E-state index contributed by atoms with van der Waals surface area (Å²) < 4.78 is 28.4. The molecule has 4 nitrogen and oxygen atoms in total. The first-order chi connectivity index (χ1) is 9.31. The number of thiophene rings is 1. The summed E-state index contributed by atoms with van der Waals surface area (Å²) in [6.07, 6.45) is 0. The van der Waals surface area contributed by atoms with E-state index in [0.717, 1.165) is 9.35 Å². The Balaban J connectivity index is 2.30. The number of rotatable bonds is 4. The fourth-order valence-electron chi connectivity index (χ4n) is 2.09. The Bertz CT molecular complexity index is 716. The zero-order valence-electron chi connectivity index (χ0n) is 11.1. The molecule has 0 fully saturated rings. The fraction of sp³-hybridized carbons (Fsp3) is 0.231. The van der Waals surface area contributed by atoms with Gasteiger partial charge in [0.1, 0.15) is 0 Å². The van der Waals surface area contributed by atoms with E-state index in [0.29, 0.717) is 21.7 Å². The molecule has 0 aliphatic heterocycles. The summed E-state index contributed by atoms with van der Waals surface area (Å²) in [6.45, 7) is 3.77. The van der Waals surface area contributed by atoms with E-state index in [1.807, 2.05) is 11.4 Å². The minimum atomic E-state index is -3.55. The average molecular weight is 375 g/mol. The van der Waals surface area contributed by atoms with Crippen LogP contribution in [0.25, 0.3) is 0 Å². The molecule has 0 unspecified atom stereocenters. The zero-order chi connectivity index (χ0) is 14.9. The topological polar surface area (TPSA) is 72.2 Å². The van der Waals surface area contributed by atoms with Crippen molar-refractivity contribution in [3.8, 4) is 0 Å². The molecule has 0 saturated carbocycles. The van der Waals surface area contributed by atoms with Crippen molar-refractivity contribution in [1.82, 2.24) is 4.72 Å². The van der Waals surface area contributed by atoms with Crippen LogP contribution in [0.4, 0.5) is 5.69 Å². The molecular weight excluding hydrogens is 360 g/mol. The number of nitrogens with one attached hydrogen (secondary N) is 1. The number of benzene rings is 1. The number of sulfonamides is 1. The minimum absolute atomic E-state index is 0.268. The van der Waals surface area contributed by atoms with Gasteiger partial charge in [-0.1, -0.05) is 0 Å². The van der Waals surface area contributed by atoms with Gasteiger partial charge in [-0.25, -0.2) is 13.1 Å². The molecular formula is C13H15BrN2O2S2. The summed E-state index contributed by atoms with van der Waals surface area (Å²) in [4.78, 5) is 1.25. The molecule has 0 spiro atoms. The molecule has 1 aromatic heterocycles. The van der Waals surface area contributed by atoms with Crippen molar-refractivity contribution in [3.05, 3.63) is 44.1 Å². The van der Waals surface area contributed by atoms with E-state index in [-0.39, 0.29) is 6.54 Å². The van der Waals surface area contributed by atoms with E-state index in [1.54, 1.807) is 26.0 Å². The Labute approximate surface area is 131 Å². The van der Waals surface area contributed by atoms with Crippen LogP contribution in [0.1, 0.15) is 16.0 Å². The molecule has 2 aromatic rings. The Hall–Kier alpha value is -0.890. The third-order valence-corrected chi connectivity index (χ3v) is 6.50. The van der Waals surface area contributed by atoms with Gasteiger partial charge in [-0.15, -0.1) is 11.3 Å². The lowest BCUT2D eigenvalue weighted by Gasteiger charge is -2.12. The second-order valence-corrected chi connectivity index (χ2v) is 8.06. The van der Waals surface area contributed by atoms with Crippen LogP contribution in [0.15, 0.2) is 32.9 Å². The standard InChI is InChI=1S/C13H15BrN2O2S2/c1-8-5-10(15)6-9(2)13(8)20(17,18)16-7-12-11(14)3-4-19-12/h3-6,16H,7,15H2,1-2H3. The maximum absolute atomic E-state index is 12.4. The van der Waals surface area contributed by atoms with Gasteiger partial charge in [0.25, 0.3) is 0 Å². The van der Waals surface area contributed by atoms with Crippen LogP contribution in [-0.2, 0) is 16.6 Å². The Morgan fingerprint density at radius 1 is 1.30 bits per heavy atom. The van der Waals surface area contributed by atoms with Crippen molar-refractivity contribution in [2.24, 2.45) is 0 Å². The van der Waals surface area contributed by atoms with Crippen LogP contribution in [0.2, 0.25) is 0 Å². The number of halogens is 1. The Kier molecular flexibility index (Phi) is 4.53. The first-order valence-electron chi connectivity index (χ1n) is 5.89. The second-order valence-electron chi connectivity index (χ2n) is 4.50. The third kappa shape index (κ3) is 3.22.